The SMILES string of the molecule is O=[N+]([O-])c1ccc(S(=O)(=O)Nc2ccc(S(=O)(=O)NCCc3ccccc3)cc2)cc1. The average molecular weight is 462 g/mol. The molecule has 0 fully saturated rings. The van der Waals surface area contributed by atoms with Gasteiger partial charge in [0.15, 0.2) is 0 Å². The van der Waals surface area contributed by atoms with Gasteiger partial charge in [0.1, 0.15) is 0 Å². The Kier molecular flexibility index (Phi) is 6.68. The van der Waals surface area contributed by atoms with Crippen LogP contribution in [-0.4, -0.2) is 28.3 Å². The molecule has 2 N–H and O–H groups in total. The second-order valence-electron chi connectivity index (χ2n) is 6.51. The Bertz CT molecular complexity index is 1260. The van der Waals surface area contributed by atoms with Gasteiger partial charge in [0.05, 0.1) is 14.7 Å². The molecule has 9 nitrogen and oxygen atoms in total. The highest BCUT2D eigenvalue weighted by atomic mass is 32.2. The van der Waals surface area contributed by atoms with Crippen LogP contribution in [0.3, 0.4) is 0 Å². The summed E-state index contributed by atoms with van der Waals surface area (Å²) in [5.41, 5.74) is 0.927. The molecule has 0 atom stereocenters. The fourth-order valence-corrected chi connectivity index (χ4v) is 4.81. The first kappa shape index (κ1) is 22.4. The Morgan fingerprint density at radius 1 is 0.742 bits per heavy atom. The predicted molar refractivity (Wildman–Crippen MR) is 116 cm³/mol. The van der Waals surface area contributed by atoms with Gasteiger partial charge in [-0.05, 0) is 48.4 Å². The molecule has 31 heavy (non-hydrogen) atoms. The van der Waals surface area contributed by atoms with E-state index in [0.29, 0.717) is 6.42 Å². The maximum absolute atomic E-state index is 12.4. The fourth-order valence-electron chi connectivity index (χ4n) is 2.72. The summed E-state index contributed by atoms with van der Waals surface area (Å²) in [6.07, 6.45) is 0.535. The molecule has 0 aliphatic carbocycles. The summed E-state index contributed by atoms with van der Waals surface area (Å²) in [6.45, 7) is 0.223. The molecule has 0 amide bonds. The molecule has 0 aliphatic heterocycles. The van der Waals surface area contributed by atoms with Crippen molar-refractivity contribution < 1.29 is 21.8 Å². The van der Waals surface area contributed by atoms with Crippen LogP contribution in [0.2, 0.25) is 0 Å². The van der Waals surface area contributed by atoms with Crippen LogP contribution in [0, 0.1) is 10.1 Å². The van der Waals surface area contributed by atoms with Crippen molar-refractivity contribution in [1.82, 2.24) is 4.72 Å². The zero-order valence-electron chi connectivity index (χ0n) is 16.1. The van der Waals surface area contributed by atoms with Crippen molar-refractivity contribution in [3.05, 3.63) is 94.5 Å². The molecule has 3 rings (SSSR count). The topological polar surface area (TPSA) is 135 Å². The van der Waals surface area contributed by atoms with Crippen molar-refractivity contribution in [2.24, 2.45) is 0 Å². The number of hydrogen-bond donors (Lipinski definition) is 2. The third-order valence-corrected chi connectivity index (χ3v) is 7.20. The maximum Gasteiger partial charge on any atom is 0.269 e. The number of anilines is 1. The highest BCUT2D eigenvalue weighted by Crippen LogP contribution is 2.20. The number of rotatable bonds is 9. The number of nitro benzene ring substituents is 1. The van der Waals surface area contributed by atoms with E-state index in [1.807, 2.05) is 30.3 Å². The molecular weight excluding hydrogens is 442 g/mol. The van der Waals surface area contributed by atoms with Gasteiger partial charge in [-0.25, -0.2) is 21.6 Å². The number of nitrogens with one attached hydrogen (secondary N) is 2. The Labute approximate surface area is 180 Å². The fraction of sp³-hybridized carbons (Fsp3) is 0.100. The minimum Gasteiger partial charge on any atom is -0.280 e. The standard InChI is InChI=1S/C20H19N3O6S2/c24-23(25)18-8-12-20(13-9-18)31(28,29)22-17-6-10-19(11-7-17)30(26,27)21-15-14-16-4-2-1-3-5-16/h1-13,21-22H,14-15H2. The van der Waals surface area contributed by atoms with Crippen LogP contribution in [0.4, 0.5) is 11.4 Å². The van der Waals surface area contributed by atoms with Gasteiger partial charge in [-0.2, -0.15) is 0 Å². The van der Waals surface area contributed by atoms with Gasteiger partial charge in [0, 0.05) is 24.4 Å². The third kappa shape index (κ3) is 5.87. The molecule has 0 unspecified atom stereocenters. The first-order chi connectivity index (χ1) is 14.7. The largest absolute Gasteiger partial charge is 0.280 e. The maximum atomic E-state index is 12.4. The highest BCUT2D eigenvalue weighted by molar-refractivity contribution is 7.92. The van der Waals surface area contributed by atoms with E-state index >= 15 is 0 Å². The second kappa shape index (κ2) is 9.25. The van der Waals surface area contributed by atoms with Gasteiger partial charge in [0.2, 0.25) is 10.0 Å². The Morgan fingerprint density at radius 2 is 1.29 bits per heavy atom. The minimum atomic E-state index is -3.99. The quantitative estimate of drug-likeness (QED) is 0.371. The number of nitro groups is 1. The molecule has 0 saturated carbocycles. The molecule has 0 aliphatic rings. The van der Waals surface area contributed by atoms with Crippen molar-refractivity contribution in [2.45, 2.75) is 16.2 Å². The van der Waals surface area contributed by atoms with Crippen LogP contribution in [0.25, 0.3) is 0 Å². The Morgan fingerprint density at radius 3 is 1.87 bits per heavy atom. The van der Waals surface area contributed by atoms with E-state index in [9.17, 15) is 26.9 Å². The van der Waals surface area contributed by atoms with Crippen molar-refractivity contribution >= 4 is 31.4 Å². The number of hydrogen-bond acceptors (Lipinski definition) is 6. The van der Waals surface area contributed by atoms with Crippen molar-refractivity contribution in [3.63, 3.8) is 0 Å². The first-order valence-electron chi connectivity index (χ1n) is 9.08. The van der Waals surface area contributed by atoms with Crippen molar-refractivity contribution in [2.75, 3.05) is 11.3 Å². The molecule has 3 aromatic carbocycles. The van der Waals surface area contributed by atoms with Gasteiger partial charge in [0.25, 0.3) is 15.7 Å². The van der Waals surface area contributed by atoms with E-state index < -0.39 is 25.0 Å². The van der Waals surface area contributed by atoms with Gasteiger partial charge in [-0.15, -0.1) is 0 Å². The van der Waals surface area contributed by atoms with Crippen LogP contribution in [0.15, 0.2) is 88.7 Å². The summed E-state index contributed by atoms with van der Waals surface area (Å²) in [5.74, 6) is 0. The van der Waals surface area contributed by atoms with Gasteiger partial charge in [-0.3, -0.25) is 14.8 Å². The molecule has 0 spiro atoms. The number of benzene rings is 3. The molecular formula is C20H19N3O6S2. The smallest absolute Gasteiger partial charge is 0.269 e. The van der Waals surface area contributed by atoms with E-state index in [1.165, 1.54) is 24.3 Å². The summed E-state index contributed by atoms with van der Waals surface area (Å²) >= 11 is 0. The van der Waals surface area contributed by atoms with Crippen LogP contribution < -0.4 is 9.44 Å². The lowest BCUT2D eigenvalue weighted by molar-refractivity contribution is -0.384. The third-order valence-electron chi connectivity index (χ3n) is 4.32. The normalized spacial score (nSPS) is 11.7. The van der Waals surface area contributed by atoms with E-state index in [2.05, 4.69) is 9.44 Å². The monoisotopic (exact) mass is 461 g/mol. The van der Waals surface area contributed by atoms with Crippen LogP contribution in [0.5, 0.6) is 0 Å². The number of sulfonamides is 2. The van der Waals surface area contributed by atoms with E-state index in [0.717, 1.165) is 29.8 Å². The summed E-state index contributed by atoms with van der Waals surface area (Å²) < 4.78 is 54.5. The summed E-state index contributed by atoms with van der Waals surface area (Å²) in [6, 6.07) is 19.1. The molecule has 0 heterocycles. The molecule has 0 saturated heterocycles. The average Bonchev–Trinajstić information content (AvgIpc) is 2.74. The Hall–Kier alpha value is -3.28. The molecule has 3 aromatic rings. The highest BCUT2D eigenvalue weighted by Gasteiger charge is 2.17. The van der Waals surface area contributed by atoms with E-state index in [4.69, 9.17) is 0 Å². The van der Waals surface area contributed by atoms with Gasteiger partial charge >= 0.3 is 0 Å². The lowest BCUT2D eigenvalue weighted by atomic mass is 10.2. The first-order valence-corrected chi connectivity index (χ1v) is 12.0. The van der Waals surface area contributed by atoms with Gasteiger partial charge < -0.3 is 0 Å². The van der Waals surface area contributed by atoms with Crippen LogP contribution >= 0.6 is 0 Å². The van der Waals surface area contributed by atoms with Crippen molar-refractivity contribution in [1.29, 1.82) is 0 Å². The summed E-state index contributed by atoms with van der Waals surface area (Å²) in [5, 5.41) is 10.7. The van der Waals surface area contributed by atoms with Crippen LogP contribution in [0.1, 0.15) is 5.56 Å². The molecule has 11 heteroatoms. The zero-order valence-corrected chi connectivity index (χ0v) is 17.8. The molecule has 0 bridgehead atoms. The second-order valence-corrected chi connectivity index (χ2v) is 9.96. The zero-order chi connectivity index (χ0) is 22.5. The number of non-ortho nitro benzene ring substituents is 1. The number of nitrogens with zero attached hydrogens (tertiary/aromatic N) is 1. The van der Waals surface area contributed by atoms with Gasteiger partial charge in [-0.1, -0.05) is 30.3 Å². The predicted octanol–water partition coefficient (Wildman–Crippen LogP) is 2.92. The summed E-state index contributed by atoms with van der Waals surface area (Å²) in [4.78, 5) is 9.91. The molecule has 162 valence electrons. The van der Waals surface area contributed by atoms with E-state index in [-0.39, 0.29) is 27.7 Å². The van der Waals surface area contributed by atoms with Crippen molar-refractivity contribution in [3.8, 4) is 0 Å². The molecule has 0 aromatic heterocycles. The lowest BCUT2D eigenvalue weighted by Crippen LogP contribution is -2.26. The van der Waals surface area contributed by atoms with Crippen LogP contribution in [-0.2, 0) is 26.5 Å². The molecule has 0 radical (unpaired) electrons. The van der Waals surface area contributed by atoms with E-state index in [1.54, 1.807) is 0 Å². The Balaban J connectivity index is 1.65. The lowest BCUT2D eigenvalue weighted by Gasteiger charge is -2.10. The summed E-state index contributed by atoms with van der Waals surface area (Å²) in [7, 11) is -7.73. The minimum absolute atomic E-state index is 0.00107.